The fraction of sp³-hybridized carbons (Fsp3) is 1.00. The summed E-state index contributed by atoms with van der Waals surface area (Å²) in [4.78, 5) is 0. The van der Waals surface area contributed by atoms with Gasteiger partial charge in [-0.05, 0) is 6.92 Å². The highest BCUT2D eigenvalue weighted by atomic mass is 32.2. The van der Waals surface area contributed by atoms with Crippen LogP contribution in [0.3, 0.4) is 0 Å². The normalized spacial score (nSPS) is 10.6. The molecule has 0 fully saturated rings. The molecule has 0 rings (SSSR count). The van der Waals surface area contributed by atoms with Gasteiger partial charge in [0.2, 0.25) is 0 Å². The van der Waals surface area contributed by atoms with Gasteiger partial charge >= 0.3 is 0 Å². The fourth-order valence-electron chi connectivity index (χ4n) is 0.802. The highest BCUT2D eigenvalue weighted by molar-refractivity contribution is 7.99. The molecule has 0 spiro atoms. The van der Waals surface area contributed by atoms with E-state index in [1.807, 2.05) is 18.7 Å². The Morgan fingerprint density at radius 3 is 2.69 bits per heavy atom. The molecule has 0 aliphatic carbocycles. The zero-order valence-corrected chi connectivity index (χ0v) is 9.49. The van der Waals surface area contributed by atoms with E-state index in [4.69, 9.17) is 9.47 Å². The third kappa shape index (κ3) is 12.2. The number of hydrogen-bond donors (Lipinski definition) is 1. The average Bonchev–Trinajstić information content (AvgIpc) is 2.16. The number of rotatable bonds is 10. The average molecular weight is 207 g/mol. The van der Waals surface area contributed by atoms with Crippen molar-refractivity contribution in [3.8, 4) is 0 Å². The van der Waals surface area contributed by atoms with Crippen LogP contribution < -0.4 is 5.32 Å². The van der Waals surface area contributed by atoms with Gasteiger partial charge in [0, 0.05) is 38.3 Å². The minimum absolute atomic E-state index is 0.810. The Labute approximate surface area is 85.6 Å². The highest BCUT2D eigenvalue weighted by Crippen LogP contribution is 1.96. The molecule has 0 aromatic carbocycles. The quantitative estimate of drug-likeness (QED) is 0.541. The van der Waals surface area contributed by atoms with Crippen molar-refractivity contribution in [1.29, 1.82) is 0 Å². The van der Waals surface area contributed by atoms with Crippen molar-refractivity contribution in [2.45, 2.75) is 6.92 Å². The van der Waals surface area contributed by atoms with Gasteiger partial charge in [-0.2, -0.15) is 11.8 Å². The second kappa shape index (κ2) is 12.2. The van der Waals surface area contributed by atoms with Crippen LogP contribution in [0.1, 0.15) is 6.92 Å². The third-order valence-corrected chi connectivity index (χ3v) is 2.43. The monoisotopic (exact) mass is 207 g/mol. The van der Waals surface area contributed by atoms with Crippen molar-refractivity contribution in [3.63, 3.8) is 0 Å². The molecule has 0 bridgehead atoms. The first-order valence-corrected chi connectivity index (χ1v) is 5.92. The first-order valence-electron chi connectivity index (χ1n) is 4.77. The van der Waals surface area contributed by atoms with Crippen LogP contribution in [0.25, 0.3) is 0 Å². The fourth-order valence-corrected chi connectivity index (χ4v) is 1.58. The molecular formula is C9H21NO2S. The molecule has 3 nitrogen and oxygen atoms in total. The standard InChI is InChI=1S/C9H21NO2S/c1-3-12-6-4-10-5-8-13-9-7-11-2/h10H,3-9H2,1-2H3. The summed E-state index contributed by atoms with van der Waals surface area (Å²) in [7, 11) is 1.74. The molecule has 0 saturated heterocycles. The van der Waals surface area contributed by atoms with E-state index >= 15 is 0 Å². The van der Waals surface area contributed by atoms with Crippen molar-refractivity contribution < 1.29 is 9.47 Å². The molecule has 0 amide bonds. The van der Waals surface area contributed by atoms with Gasteiger partial charge in [0.25, 0.3) is 0 Å². The molecule has 0 saturated carbocycles. The summed E-state index contributed by atoms with van der Waals surface area (Å²) in [5.74, 6) is 2.24. The van der Waals surface area contributed by atoms with E-state index < -0.39 is 0 Å². The molecule has 4 heteroatoms. The van der Waals surface area contributed by atoms with E-state index in [1.54, 1.807) is 7.11 Å². The van der Waals surface area contributed by atoms with Gasteiger partial charge < -0.3 is 14.8 Å². The molecule has 0 heterocycles. The van der Waals surface area contributed by atoms with Gasteiger partial charge in [0.05, 0.1) is 13.2 Å². The van der Waals surface area contributed by atoms with Gasteiger partial charge in [0.15, 0.2) is 0 Å². The lowest BCUT2D eigenvalue weighted by Gasteiger charge is -2.04. The van der Waals surface area contributed by atoms with Crippen molar-refractivity contribution in [1.82, 2.24) is 5.32 Å². The van der Waals surface area contributed by atoms with Crippen LogP contribution in [0, 0.1) is 0 Å². The van der Waals surface area contributed by atoms with Gasteiger partial charge in [0.1, 0.15) is 0 Å². The van der Waals surface area contributed by atoms with Crippen molar-refractivity contribution in [2.24, 2.45) is 0 Å². The summed E-state index contributed by atoms with van der Waals surface area (Å²) < 4.78 is 10.1. The number of hydrogen-bond acceptors (Lipinski definition) is 4. The minimum Gasteiger partial charge on any atom is -0.384 e. The Hall–Kier alpha value is 0.230. The van der Waals surface area contributed by atoms with Crippen LogP contribution in [0.2, 0.25) is 0 Å². The summed E-state index contributed by atoms with van der Waals surface area (Å²) in [5, 5.41) is 3.31. The zero-order chi connectivity index (χ0) is 9.78. The number of ether oxygens (including phenoxy) is 2. The smallest absolute Gasteiger partial charge is 0.0590 e. The Bertz CT molecular complexity index is 83.7. The Morgan fingerprint density at radius 2 is 2.00 bits per heavy atom. The van der Waals surface area contributed by atoms with Crippen LogP contribution >= 0.6 is 11.8 Å². The molecule has 0 radical (unpaired) electrons. The maximum absolute atomic E-state index is 5.19. The van der Waals surface area contributed by atoms with E-state index in [2.05, 4.69) is 5.32 Å². The SMILES string of the molecule is CCOCCNCCSCCOC. The van der Waals surface area contributed by atoms with Crippen molar-refractivity contribution >= 4 is 11.8 Å². The van der Waals surface area contributed by atoms with Crippen molar-refractivity contribution in [3.05, 3.63) is 0 Å². The Balaban J connectivity index is 2.76. The number of nitrogens with one attached hydrogen (secondary N) is 1. The lowest BCUT2D eigenvalue weighted by atomic mass is 10.6. The van der Waals surface area contributed by atoms with E-state index in [1.165, 1.54) is 0 Å². The van der Waals surface area contributed by atoms with Crippen LogP contribution in [0.15, 0.2) is 0 Å². The summed E-state index contributed by atoms with van der Waals surface area (Å²) in [6.45, 7) is 6.51. The lowest BCUT2D eigenvalue weighted by Crippen LogP contribution is -2.22. The first kappa shape index (κ1) is 13.2. The summed E-state index contributed by atoms with van der Waals surface area (Å²) in [6.07, 6.45) is 0. The van der Waals surface area contributed by atoms with E-state index in [0.29, 0.717) is 0 Å². The first-order chi connectivity index (χ1) is 6.41. The molecule has 0 atom stereocenters. The Morgan fingerprint density at radius 1 is 1.15 bits per heavy atom. The van der Waals surface area contributed by atoms with Gasteiger partial charge in [-0.3, -0.25) is 0 Å². The second-order valence-electron chi connectivity index (χ2n) is 2.55. The molecule has 0 aromatic heterocycles. The van der Waals surface area contributed by atoms with Crippen LogP contribution in [-0.2, 0) is 9.47 Å². The largest absolute Gasteiger partial charge is 0.384 e. The molecule has 13 heavy (non-hydrogen) atoms. The minimum atomic E-state index is 0.810. The van der Waals surface area contributed by atoms with Crippen LogP contribution in [0.5, 0.6) is 0 Å². The van der Waals surface area contributed by atoms with Crippen LogP contribution in [-0.4, -0.2) is 51.5 Å². The van der Waals surface area contributed by atoms with Gasteiger partial charge in [-0.25, -0.2) is 0 Å². The van der Waals surface area contributed by atoms with E-state index in [0.717, 1.165) is 44.4 Å². The maximum Gasteiger partial charge on any atom is 0.0590 e. The third-order valence-electron chi connectivity index (χ3n) is 1.48. The predicted octanol–water partition coefficient (Wildman–Crippen LogP) is 0.992. The maximum atomic E-state index is 5.19. The summed E-state index contributed by atoms with van der Waals surface area (Å²) in [5.41, 5.74) is 0. The second-order valence-corrected chi connectivity index (χ2v) is 3.78. The van der Waals surface area contributed by atoms with Gasteiger partial charge in [-0.15, -0.1) is 0 Å². The molecule has 0 unspecified atom stereocenters. The van der Waals surface area contributed by atoms with Crippen LogP contribution in [0.4, 0.5) is 0 Å². The van der Waals surface area contributed by atoms with E-state index in [9.17, 15) is 0 Å². The molecule has 0 aromatic rings. The summed E-state index contributed by atoms with van der Waals surface area (Å²) >= 11 is 1.91. The van der Waals surface area contributed by atoms with E-state index in [-0.39, 0.29) is 0 Å². The van der Waals surface area contributed by atoms with Crippen molar-refractivity contribution in [2.75, 3.05) is 51.5 Å². The topological polar surface area (TPSA) is 30.5 Å². The lowest BCUT2D eigenvalue weighted by molar-refractivity contribution is 0.150. The van der Waals surface area contributed by atoms with Gasteiger partial charge in [-0.1, -0.05) is 0 Å². The Kier molecular flexibility index (Phi) is 12.4. The highest BCUT2D eigenvalue weighted by Gasteiger charge is 1.89. The molecular weight excluding hydrogens is 186 g/mol. The molecule has 1 N–H and O–H groups in total. The zero-order valence-electron chi connectivity index (χ0n) is 8.67. The molecule has 0 aliphatic heterocycles. The summed E-state index contributed by atoms with van der Waals surface area (Å²) in [6, 6.07) is 0. The predicted molar refractivity (Wildman–Crippen MR) is 58.6 cm³/mol. The molecule has 0 aliphatic rings. The molecule has 80 valence electrons. The number of methoxy groups -OCH3 is 1. The number of thioether (sulfide) groups is 1.